The molecule has 4 aliphatic rings. The van der Waals surface area contributed by atoms with Crippen LogP contribution in [0.5, 0.6) is 0 Å². The van der Waals surface area contributed by atoms with Gasteiger partial charge in [0.25, 0.3) is 0 Å². The second-order valence-corrected chi connectivity index (χ2v) is 30.1. The molecular formula is C28H44N2O48S12. The highest BCUT2D eigenvalue weighted by Gasteiger charge is 2.55. The molecule has 0 fully saturated rings. The first-order valence-electron chi connectivity index (χ1n) is 22.2. The third kappa shape index (κ3) is 27.6. The zero-order valence-corrected chi connectivity index (χ0v) is 52.3. The summed E-state index contributed by atoms with van der Waals surface area (Å²) < 4.78 is 463. The summed E-state index contributed by atoms with van der Waals surface area (Å²) in [5, 5.41) is 0. The van der Waals surface area contributed by atoms with Crippen LogP contribution in [-0.4, -0.2) is 276 Å². The molecule has 0 heterocycles. The molecule has 0 aromatic heterocycles. The van der Waals surface area contributed by atoms with Gasteiger partial charge in [-0.15, -0.1) is 0 Å². The molecule has 90 heavy (non-hydrogen) atoms. The lowest BCUT2D eigenvalue weighted by atomic mass is 9.87. The van der Waals surface area contributed by atoms with Crippen LogP contribution in [0, 0.1) is 0 Å². The Labute approximate surface area is 509 Å². The summed E-state index contributed by atoms with van der Waals surface area (Å²) in [6.45, 7) is -2.71. The van der Waals surface area contributed by atoms with Crippen LogP contribution in [-0.2, 0) is 175 Å². The van der Waals surface area contributed by atoms with Gasteiger partial charge in [0.15, 0.2) is 0 Å². The monoisotopic (exact) mass is 1560 g/mol. The lowest BCUT2D eigenvalue weighted by Gasteiger charge is -2.48. The van der Waals surface area contributed by atoms with Crippen molar-refractivity contribution < 1.29 is 206 Å². The minimum Gasteiger partial charge on any atom is -0.285 e. The Hall–Kier alpha value is -2.68. The van der Waals surface area contributed by atoms with Gasteiger partial charge in [0.05, 0.1) is 24.2 Å². The SMILES string of the molecule is O=S(=O)(O)O[C@H]1[C@H](OS(=O)(=O)O)[C@@H](N(CCCCN([C@H]2C=C[C@@H](OS(=O)(=O)O)[C@@H](OS(=O)(=O)O)[C@@H]2OS(=O)(=O)O)[C@H]2C=C[C@@H](OS(=O)(=O)O)[C@@H](OS(=O)(=O)O)[C@@H]2OS(=O)(=O)O)[C@H]2C=C[C@@H](OS(=O)(=O)O)[C@@H](OS(=O)(=O)O)[C@@H]2OS(=O)(=O)O)C=C[C@H]1OS(=O)(=O)O. The second kappa shape index (κ2) is 29.0. The summed E-state index contributed by atoms with van der Waals surface area (Å²) in [6.07, 6.45) is -36.4. The standard InChI is InChI=1S/C28H44N2O48S12/c31-79(32,33)67-17-7-3-13(21(71-83(43,44)45)25(17)75-87(55,56)57)29(14-4-8-18(68-80(34,35)36)26(76-88(58,59)60)22(14)72-84(46,47)48)11-1-2-12-30(15-5-9-19(69-81(37,38)39)27(77-89(61,62)63)23(15)73-85(49,50)51)16-6-10-20(70-82(40,41)42)28(78-90(64,65)66)24(16)74-86(52,53)54/h3-10,13-28H,1-2,11-12H2,(H,31,32,33)(H,34,35,36)(H,37,38,39)(H,40,41,42)(H,43,44,45)(H,46,47,48)(H,49,50,51)(H,52,53,54)(H,55,56,57)(H,58,59,60)(H,61,62,63)(H,64,65,66)/t13-,14-,15-,16-,17+,18+,19+,20+,21+,22+,23+,24+,25+,26+,27+,28+/m0/s1. The Bertz CT molecular complexity index is 3640. The molecule has 16 atom stereocenters. The zero-order valence-electron chi connectivity index (χ0n) is 42.5. The minimum atomic E-state index is -6.27. The predicted octanol–water partition coefficient (Wildman–Crippen LogP) is -7.62. The van der Waals surface area contributed by atoms with E-state index in [4.69, 9.17) is 0 Å². The zero-order chi connectivity index (χ0) is 69.4. The van der Waals surface area contributed by atoms with E-state index in [1.165, 1.54) is 0 Å². The molecule has 0 spiro atoms. The Morgan fingerprint density at radius 3 is 0.478 bits per heavy atom. The first-order valence-corrected chi connectivity index (χ1v) is 38.6. The number of hydrogen-bond acceptors (Lipinski definition) is 38. The summed E-state index contributed by atoms with van der Waals surface area (Å²) in [4.78, 5) is 0.625. The third-order valence-electron chi connectivity index (χ3n) is 11.3. The number of nitrogens with zero attached hydrogens (tertiary/aromatic N) is 2. The smallest absolute Gasteiger partial charge is 0.285 e. The maximum Gasteiger partial charge on any atom is 0.398 e. The molecule has 12 N–H and O–H groups in total. The molecule has 50 nitrogen and oxygen atoms in total. The van der Waals surface area contributed by atoms with E-state index in [0.717, 1.165) is 0 Å². The van der Waals surface area contributed by atoms with Crippen molar-refractivity contribution in [3.8, 4) is 0 Å². The molecule has 4 rings (SSSR count). The van der Waals surface area contributed by atoms with Gasteiger partial charge in [0.1, 0.15) is 73.2 Å². The quantitative estimate of drug-likeness (QED) is 0.0165. The van der Waals surface area contributed by atoms with Gasteiger partial charge in [0, 0.05) is 0 Å². The van der Waals surface area contributed by atoms with Crippen molar-refractivity contribution in [2.45, 2.75) is 110 Å². The molecular weight excluding hydrogens is 1520 g/mol. The Morgan fingerprint density at radius 1 is 0.211 bits per heavy atom. The van der Waals surface area contributed by atoms with Crippen molar-refractivity contribution in [2.24, 2.45) is 0 Å². The van der Waals surface area contributed by atoms with Gasteiger partial charge >= 0.3 is 125 Å². The highest BCUT2D eigenvalue weighted by molar-refractivity contribution is 7.83. The molecule has 0 amide bonds. The van der Waals surface area contributed by atoms with Crippen molar-refractivity contribution in [3.63, 3.8) is 0 Å². The van der Waals surface area contributed by atoms with Crippen LogP contribution in [0.2, 0.25) is 0 Å². The van der Waals surface area contributed by atoms with Crippen LogP contribution in [0.3, 0.4) is 0 Å². The average molecular weight is 1560 g/mol. The van der Waals surface area contributed by atoms with Crippen molar-refractivity contribution in [1.82, 2.24) is 9.80 Å². The van der Waals surface area contributed by atoms with Crippen molar-refractivity contribution in [1.29, 1.82) is 0 Å². The van der Waals surface area contributed by atoms with Gasteiger partial charge in [-0.1, -0.05) is 48.6 Å². The van der Waals surface area contributed by atoms with Crippen LogP contribution < -0.4 is 0 Å². The molecule has 4 aliphatic carbocycles. The van der Waals surface area contributed by atoms with Gasteiger partial charge in [-0.2, -0.15) is 101 Å². The van der Waals surface area contributed by atoms with Gasteiger partial charge < -0.3 is 0 Å². The molecule has 526 valence electrons. The number of unbranched alkanes of at least 4 members (excludes halogenated alkanes) is 1. The minimum absolute atomic E-state index is 0.248. The van der Waals surface area contributed by atoms with E-state index in [9.17, 15) is 156 Å². The maximum atomic E-state index is 12.5. The second-order valence-electron chi connectivity index (χ2n) is 17.5. The Kier molecular flexibility index (Phi) is 25.7. The fourth-order valence-corrected chi connectivity index (χ4v) is 14.8. The third-order valence-corrected chi connectivity index (χ3v) is 16.9. The van der Waals surface area contributed by atoms with Gasteiger partial charge in [-0.25, -0.2) is 50.2 Å². The van der Waals surface area contributed by atoms with Crippen LogP contribution >= 0.6 is 0 Å². The lowest BCUT2D eigenvalue weighted by molar-refractivity contribution is -0.0855. The van der Waals surface area contributed by atoms with E-state index in [2.05, 4.69) is 50.2 Å². The van der Waals surface area contributed by atoms with Crippen LogP contribution in [0.1, 0.15) is 12.8 Å². The molecule has 0 saturated heterocycles. The molecule has 0 unspecified atom stereocenters. The lowest BCUT2D eigenvalue weighted by Crippen LogP contribution is -2.64. The summed E-state index contributed by atoms with van der Waals surface area (Å²) in [6, 6.07) is -10.6. The predicted molar refractivity (Wildman–Crippen MR) is 271 cm³/mol. The highest BCUT2D eigenvalue weighted by Crippen LogP contribution is 2.38. The van der Waals surface area contributed by atoms with Gasteiger partial charge in [-0.05, 0) is 25.9 Å². The highest BCUT2D eigenvalue weighted by atomic mass is 32.3. The van der Waals surface area contributed by atoms with Crippen molar-refractivity contribution >= 4 is 125 Å². The van der Waals surface area contributed by atoms with E-state index in [1.807, 2.05) is 0 Å². The van der Waals surface area contributed by atoms with Gasteiger partial charge in [-0.3, -0.25) is 64.4 Å². The maximum absolute atomic E-state index is 12.5. The molecule has 0 radical (unpaired) electrons. The van der Waals surface area contributed by atoms with E-state index >= 15 is 0 Å². The summed E-state index contributed by atoms with van der Waals surface area (Å²) in [7, 11) is -73.6. The van der Waals surface area contributed by atoms with E-state index in [1.54, 1.807) is 0 Å². The molecule has 0 aliphatic heterocycles. The van der Waals surface area contributed by atoms with Crippen molar-refractivity contribution in [3.05, 3.63) is 48.6 Å². The molecule has 0 aromatic carbocycles. The van der Waals surface area contributed by atoms with E-state index in [0.29, 0.717) is 34.1 Å². The Balaban J connectivity index is 2.17. The number of rotatable bonds is 33. The fraction of sp³-hybridized carbons (Fsp3) is 0.714. The molecule has 0 bridgehead atoms. The Morgan fingerprint density at radius 2 is 0.344 bits per heavy atom. The average Bonchev–Trinajstić information content (AvgIpc) is 0.769. The fourth-order valence-electron chi connectivity index (χ4n) is 8.99. The topological polar surface area (TPSA) is 770 Å². The summed E-state index contributed by atoms with van der Waals surface area (Å²) in [5.41, 5.74) is 0. The van der Waals surface area contributed by atoms with Crippen LogP contribution in [0.4, 0.5) is 0 Å². The summed E-state index contributed by atoms with van der Waals surface area (Å²) >= 11 is 0. The summed E-state index contributed by atoms with van der Waals surface area (Å²) in [5.74, 6) is 0. The molecule has 62 heteroatoms. The van der Waals surface area contributed by atoms with Crippen molar-refractivity contribution in [2.75, 3.05) is 13.1 Å². The molecule has 0 aromatic rings. The first kappa shape index (κ1) is 79.8. The largest absolute Gasteiger partial charge is 0.398 e. The van der Waals surface area contributed by atoms with Crippen LogP contribution in [0.25, 0.3) is 0 Å². The van der Waals surface area contributed by atoms with E-state index < -0.39 is 248 Å². The number of hydrogen-bond donors (Lipinski definition) is 12. The normalized spacial score (nSPS) is 30.7. The van der Waals surface area contributed by atoms with E-state index in [-0.39, 0.29) is 24.3 Å². The van der Waals surface area contributed by atoms with Gasteiger partial charge in [0.2, 0.25) is 0 Å². The van der Waals surface area contributed by atoms with Crippen LogP contribution in [0.15, 0.2) is 48.6 Å². The first-order chi connectivity index (χ1) is 40.1. The molecule has 0 saturated carbocycles.